The zero-order chi connectivity index (χ0) is 13.3. The molecule has 1 aliphatic rings. The molecule has 1 rings (SSSR count). The summed E-state index contributed by atoms with van der Waals surface area (Å²) in [7, 11) is 1.63. The lowest BCUT2D eigenvalue weighted by molar-refractivity contribution is -0.0963. The van der Waals surface area contributed by atoms with Crippen molar-refractivity contribution in [1.82, 2.24) is 0 Å². The summed E-state index contributed by atoms with van der Waals surface area (Å²) in [5, 5.41) is 10.7. The van der Waals surface area contributed by atoms with Gasteiger partial charge in [-0.15, -0.1) is 0 Å². The van der Waals surface area contributed by atoms with Gasteiger partial charge < -0.3 is 15.6 Å². The summed E-state index contributed by atoms with van der Waals surface area (Å²) in [5.74, 6) is 0.682. The van der Waals surface area contributed by atoms with Gasteiger partial charge in [-0.25, -0.2) is 0 Å². The van der Waals surface area contributed by atoms with Crippen molar-refractivity contribution in [2.24, 2.45) is 17.1 Å². The molecular formula is C14H29NO2. The third-order valence-corrected chi connectivity index (χ3v) is 4.54. The van der Waals surface area contributed by atoms with Crippen molar-refractivity contribution in [3.8, 4) is 0 Å². The molecule has 0 aromatic heterocycles. The molecule has 0 radical (unpaired) electrons. The molecule has 0 aromatic rings. The van der Waals surface area contributed by atoms with Crippen LogP contribution in [0, 0.1) is 11.3 Å². The largest absolute Gasteiger partial charge is 0.388 e. The second-order valence-electron chi connectivity index (χ2n) is 7.02. The van der Waals surface area contributed by atoms with Gasteiger partial charge in [0.2, 0.25) is 0 Å². The molecule has 1 saturated carbocycles. The van der Waals surface area contributed by atoms with E-state index in [-0.39, 0.29) is 0 Å². The van der Waals surface area contributed by atoms with Crippen molar-refractivity contribution >= 4 is 0 Å². The van der Waals surface area contributed by atoms with Gasteiger partial charge in [0.1, 0.15) is 0 Å². The highest BCUT2D eigenvalue weighted by Gasteiger charge is 2.47. The Morgan fingerprint density at radius 1 is 1.24 bits per heavy atom. The molecular weight excluding hydrogens is 214 g/mol. The summed E-state index contributed by atoms with van der Waals surface area (Å²) in [6, 6.07) is 0. The van der Waals surface area contributed by atoms with Gasteiger partial charge in [0.15, 0.2) is 0 Å². The highest BCUT2D eigenvalue weighted by atomic mass is 16.5. The third kappa shape index (κ3) is 3.21. The van der Waals surface area contributed by atoms with Crippen LogP contribution in [0.5, 0.6) is 0 Å². The van der Waals surface area contributed by atoms with E-state index < -0.39 is 11.1 Å². The van der Waals surface area contributed by atoms with Crippen LogP contribution in [0.1, 0.15) is 53.4 Å². The summed E-state index contributed by atoms with van der Waals surface area (Å²) in [6.07, 6.45) is 3.67. The predicted octanol–water partition coefficient (Wildman–Crippen LogP) is 2.32. The van der Waals surface area contributed by atoms with Gasteiger partial charge in [-0.2, -0.15) is 0 Å². The first-order valence-electron chi connectivity index (χ1n) is 6.63. The lowest BCUT2D eigenvalue weighted by atomic mass is 9.64. The van der Waals surface area contributed by atoms with Gasteiger partial charge in [-0.3, -0.25) is 0 Å². The van der Waals surface area contributed by atoms with E-state index in [1.165, 1.54) is 0 Å². The third-order valence-electron chi connectivity index (χ3n) is 4.54. The van der Waals surface area contributed by atoms with Crippen LogP contribution in [0.25, 0.3) is 0 Å². The maximum Gasteiger partial charge on any atom is 0.0846 e. The van der Waals surface area contributed by atoms with Crippen LogP contribution in [-0.4, -0.2) is 30.0 Å². The molecule has 1 unspecified atom stereocenters. The van der Waals surface area contributed by atoms with E-state index in [1.54, 1.807) is 7.11 Å². The molecule has 0 bridgehead atoms. The number of methoxy groups -OCH3 is 1. The van der Waals surface area contributed by atoms with Crippen LogP contribution >= 0.6 is 0 Å². The zero-order valence-corrected chi connectivity index (χ0v) is 12.0. The molecule has 0 spiro atoms. The van der Waals surface area contributed by atoms with E-state index in [4.69, 9.17) is 10.5 Å². The van der Waals surface area contributed by atoms with Crippen LogP contribution in [0.3, 0.4) is 0 Å². The molecule has 1 fully saturated rings. The van der Waals surface area contributed by atoms with Crippen molar-refractivity contribution in [3.05, 3.63) is 0 Å². The Hall–Kier alpha value is -0.120. The minimum absolute atomic E-state index is 0.327. The Bertz CT molecular complexity index is 247. The van der Waals surface area contributed by atoms with Gasteiger partial charge in [0.05, 0.1) is 17.7 Å². The minimum atomic E-state index is -0.773. The Kier molecular flexibility index (Phi) is 4.28. The van der Waals surface area contributed by atoms with E-state index in [2.05, 4.69) is 20.8 Å². The lowest BCUT2D eigenvalue weighted by Crippen LogP contribution is -2.62. The van der Waals surface area contributed by atoms with Crippen molar-refractivity contribution < 1.29 is 9.84 Å². The molecule has 0 heterocycles. The summed E-state index contributed by atoms with van der Waals surface area (Å²) in [5.41, 5.74) is 5.12. The number of hydrogen-bond donors (Lipinski definition) is 2. The number of ether oxygens (including phenoxy) is 1. The quantitative estimate of drug-likeness (QED) is 0.800. The molecule has 1 aliphatic carbocycles. The molecule has 3 N–H and O–H groups in total. The normalized spacial score (nSPS) is 34.4. The van der Waals surface area contributed by atoms with E-state index in [0.717, 1.165) is 25.7 Å². The molecule has 102 valence electrons. The Morgan fingerprint density at radius 2 is 1.71 bits per heavy atom. The maximum atomic E-state index is 10.7. The molecule has 3 heteroatoms. The van der Waals surface area contributed by atoms with Crippen molar-refractivity contribution in [2.45, 2.75) is 64.5 Å². The molecule has 0 aliphatic heterocycles. The van der Waals surface area contributed by atoms with Gasteiger partial charge in [0, 0.05) is 7.11 Å². The first-order valence-corrected chi connectivity index (χ1v) is 6.63. The molecule has 0 aromatic carbocycles. The van der Waals surface area contributed by atoms with Gasteiger partial charge in [-0.05, 0) is 43.9 Å². The average Bonchev–Trinajstić information content (AvgIpc) is 2.16. The summed E-state index contributed by atoms with van der Waals surface area (Å²) in [6.45, 7) is 9.13. The summed E-state index contributed by atoms with van der Waals surface area (Å²) < 4.78 is 5.13. The minimum Gasteiger partial charge on any atom is -0.388 e. The van der Waals surface area contributed by atoms with E-state index >= 15 is 0 Å². The Balaban J connectivity index is 2.67. The standard InChI is InChI=1S/C14H29NO2/c1-12(2,3)11-6-8-14(16,9-7-11)13(4,15)10-17-5/h11,16H,6-10,15H2,1-5H3. The molecule has 0 saturated heterocycles. The lowest BCUT2D eigenvalue weighted by Gasteiger charge is -2.48. The number of rotatable bonds is 3. The van der Waals surface area contributed by atoms with Crippen LogP contribution in [0.15, 0.2) is 0 Å². The smallest absolute Gasteiger partial charge is 0.0846 e. The van der Waals surface area contributed by atoms with Crippen molar-refractivity contribution in [1.29, 1.82) is 0 Å². The molecule has 0 amide bonds. The first-order chi connectivity index (χ1) is 7.62. The first kappa shape index (κ1) is 14.9. The Morgan fingerprint density at radius 3 is 2.06 bits per heavy atom. The van der Waals surface area contributed by atoms with Crippen LogP contribution in [0.4, 0.5) is 0 Å². The summed E-state index contributed by atoms with van der Waals surface area (Å²) in [4.78, 5) is 0. The van der Waals surface area contributed by atoms with Gasteiger partial charge in [0.25, 0.3) is 0 Å². The highest BCUT2D eigenvalue weighted by molar-refractivity contribution is 5.03. The van der Waals surface area contributed by atoms with Crippen LogP contribution in [0.2, 0.25) is 0 Å². The highest BCUT2D eigenvalue weighted by Crippen LogP contribution is 2.44. The summed E-state index contributed by atoms with van der Waals surface area (Å²) >= 11 is 0. The fraction of sp³-hybridized carbons (Fsp3) is 1.00. The SMILES string of the molecule is COCC(C)(N)C1(O)CCC(C(C)(C)C)CC1. The molecule has 17 heavy (non-hydrogen) atoms. The van der Waals surface area contributed by atoms with Crippen LogP contribution in [-0.2, 0) is 4.74 Å². The van der Waals surface area contributed by atoms with Gasteiger partial charge in [-0.1, -0.05) is 20.8 Å². The fourth-order valence-corrected chi connectivity index (χ4v) is 2.97. The predicted molar refractivity (Wildman–Crippen MR) is 70.8 cm³/mol. The second kappa shape index (κ2) is 4.87. The second-order valence-corrected chi connectivity index (χ2v) is 7.02. The average molecular weight is 243 g/mol. The number of aliphatic hydroxyl groups is 1. The zero-order valence-electron chi connectivity index (χ0n) is 12.0. The maximum absolute atomic E-state index is 10.7. The van der Waals surface area contributed by atoms with E-state index in [0.29, 0.717) is 17.9 Å². The van der Waals surface area contributed by atoms with E-state index in [9.17, 15) is 5.11 Å². The molecule has 3 nitrogen and oxygen atoms in total. The van der Waals surface area contributed by atoms with Crippen LogP contribution < -0.4 is 5.73 Å². The number of hydrogen-bond acceptors (Lipinski definition) is 3. The van der Waals surface area contributed by atoms with Crippen molar-refractivity contribution in [2.75, 3.05) is 13.7 Å². The Labute approximate surface area is 106 Å². The monoisotopic (exact) mass is 243 g/mol. The topological polar surface area (TPSA) is 55.5 Å². The molecule has 1 atom stereocenters. The number of nitrogens with two attached hydrogens (primary N) is 1. The van der Waals surface area contributed by atoms with E-state index in [1.807, 2.05) is 6.92 Å². The van der Waals surface area contributed by atoms with Gasteiger partial charge >= 0.3 is 0 Å². The fourth-order valence-electron chi connectivity index (χ4n) is 2.97. The van der Waals surface area contributed by atoms with Crippen molar-refractivity contribution in [3.63, 3.8) is 0 Å².